The van der Waals surface area contributed by atoms with E-state index in [1.54, 1.807) is 11.3 Å². The third-order valence-corrected chi connectivity index (χ3v) is 3.58. The van der Waals surface area contributed by atoms with Gasteiger partial charge in [-0.1, -0.05) is 0 Å². The summed E-state index contributed by atoms with van der Waals surface area (Å²) in [6, 6.07) is 0.0342. The molecule has 1 aromatic heterocycles. The number of thiazole rings is 1. The Morgan fingerprint density at radius 1 is 1.22 bits per heavy atom. The summed E-state index contributed by atoms with van der Waals surface area (Å²) >= 11 is 1.69. The molecule has 1 amide bonds. The van der Waals surface area contributed by atoms with Crippen LogP contribution in [0.1, 0.15) is 49.3 Å². The summed E-state index contributed by atoms with van der Waals surface area (Å²) in [5, 5.41) is 7.25. The van der Waals surface area contributed by atoms with Crippen molar-refractivity contribution in [2.24, 2.45) is 0 Å². The van der Waals surface area contributed by atoms with Crippen molar-refractivity contribution in [3.05, 3.63) is 15.6 Å². The van der Waals surface area contributed by atoms with Crippen LogP contribution in [0, 0.1) is 13.8 Å². The molecule has 0 radical (unpaired) electrons. The molecule has 102 valence electrons. The van der Waals surface area contributed by atoms with E-state index < -0.39 is 0 Å². The molecule has 0 aromatic carbocycles. The Morgan fingerprint density at radius 2 is 1.83 bits per heavy atom. The van der Waals surface area contributed by atoms with Crippen molar-refractivity contribution in [3.8, 4) is 0 Å². The van der Waals surface area contributed by atoms with E-state index in [-0.39, 0.29) is 24.0 Å². The topological polar surface area (TPSA) is 54.0 Å². The molecule has 2 unspecified atom stereocenters. The number of nitrogens with one attached hydrogen (secondary N) is 2. The van der Waals surface area contributed by atoms with Crippen LogP contribution in [0.3, 0.4) is 0 Å². The molecule has 0 saturated carbocycles. The normalized spacial score (nSPS) is 14.6. The fourth-order valence-electron chi connectivity index (χ4n) is 1.89. The van der Waals surface area contributed by atoms with Crippen LogP contribution < -0.4 is 10.6 Å². The molecule has 4 nitrogen and oxygen atoms in total. The van der Waals surface area contributed by atoms with Gasteiger partial charge in [0.1, 0.15) is 0 Å². The third kappa shape index (κ3) is 4.07. The largest absolute Gasteiger partial charge is 0.353 e. The summed E-state index contributed by atoms with van der Waals surface area (Å²) < 4.78 is 0. The highest BCUT2D eigenvalue weighted by molar-refractivity contribution is 7.11. The number of hydrogen-bond acceptors (Lipinski definition) is 4. The molecule has 0 fully saturated rings. The molecule has 0 saturated heterocycles. The van der Waals surface area contributed by atoms with Gasteiger partial charge in [0.2, 0.25) is 5.91 Å². The highest BCUT2D eigenvalue weighted by Crippen LogP contribution is 2.22. The van der Waals surface area contributed by atoms with Crippen LogP contribution in [-0.4, -0.2) is 23.0 Å². The van der Waals surface area contributed by atoms with Crippen molar-refractivity contribution in [3.63, 3.8) is 0 Å². The number of aromatic nitrogens is 1. The number of rotatable bonds is 5. The van der Waals surface area contributed by atoms with Gasteiger partial charge in [0.25, 0.3) is 0 Å². The highest BCUT2D eigenvalue weighted by Gasteiger charge is 2.19. The van der Waals surface area contributed by atoms with Gasteiger partial charge in [-0.3, -0.25) is 10.1 Å². The summed E-state index contributed by atoms with van der Waals surface area (Å²) in [6.45, 7) is 11.9. The SMILES string of the molecule is Cc1nc(C(C)NC(C)C(=O)NC(C)C)c(C)s1. The van der Waals surface area contributed by atoms with E-state index in [9.17, 15) is 4.79 Å². The Balaban J connectivity index is 2.62. The highest BCUT2D eigenvalue weighted by atomic mass is 32.1. The van der Waals surface area contributed by atoms with Gasteiger partial charge in [-0.05, 0) is 41.5 Å². The average Bonchev–Trinajstić information content (AvgIpc) is 2.56. The lowest BCUT2D eigenvalue weighted by atomic mass is 10.2. The summed E-state index contributed by atoms with van der Waals surface area (Å²) in [6.07, 6.45) is 0. The van der Waals surface area contributed by atoms with Gasteiger partial charge >= 0.3 is 0 Å². The minimum absolute atomic E-state index is 0.0291. The van der Waals surface area contributed by atoms with Crippen molar-refractivity contribution in [2.75, 3.05) is 0 Å². The monoisotopic (exact) mass is 269 g/mol. The Bertz CT molecular complexity index is 414. The van der Waals surface area contributed by atoms with Crippen LogP contribution in [0.15, 0.2) is 0 Å². The maximum Gasteiger partial charge on any atom is 0.237 e. The maximum atomic E-state index is 11.8. The lowest BCUT2D eigenvalue weighted by Gasteiger charge is -2.20. The molecule has 0 aliphatic rings. The average molecular weight is 269 g/mol. The summed E-state index contributed by atoms with van der Waals surface area (Å²) in [7, 11) is 0. The van der Waals surface area contributed by atoms with Crippen molar-refractivity contribution in [2.45, 2.75) is 59.7 Å². The second-order valence-corrected chi connectivity index (χ2v) is 6.35. The van der Waals surface area contributed by atoms with Gasteiger partial charge in [0.05, 0.1) is 16.7 Å². The lowest BCUT2D eigenvalue weighted by molar-refractivity contribution is -0.123. The minimum Gasteiger partial charge on any atom is -0.353 e. The Morgan fingerprint density at radius 3 is 2.28 bits per heavy atom. The number of hydrogen-bond donors (Lipinski definition) is 2. The van der Waals surface area contributed by atoms with E-state index in [1.807, 2.05) is 34.6 Å². The third-order valence-electron chi connectivity index (χ3n) is 2.67. The summed E-state index contributed by atoms with van der Waals surface area (Å²) in [5.41, 5.74) is 1.04. The molecule has 0 bridgehead atoms. The molecule has 1 rings (SSSR count). The fraction of sp³-hybridized carbons (Fsp3) is 0.692. The summed E-state index contributed by atoms with van der Waals surface area (Å²) in [5.74, 6) is 0.0291. The van der Waals surface area contributed by atoms with Crippen LogP contribution in [0.5, 0.6) is 0 Å². The molecular weight excluding hydrogens is 246 g/mol. The van der Waals surface area contributed by atoms with Crippen molar-refractivity contribution in [1.82, 2.24) is 15.6 Å². The zero-order chi connectivity index (χ0) is 13.9. The Kier molecular flexibility index (Phi) is 5.28. The van der Waals surface area contributed by atoms with Crippen LogP contribution in [0.25, 0.3) is 0 Å². The second-order valence-electron chi connectivity index (χ2n) is 4.95. The molecule has 5 heteroatoms. The molecule has 2 atom stereocenters. The molecule has 0 aliphatic carbocycles. The number of aryl methyl sites for hydroxylation is 2. The van der Waals surface area contributed by atoms with E-state index >= 15 is 0 Å². The van der Waals surface area contributed by atoms with Gasteiger partial charge < -0.3 is 5.32 Å². The number of carbonyl (C=O) groups excluding carboxylic acids is 1. The van der Waals surface area contributed by atoms with Crippen molar-refractivity contribution >= 4 is 17.2 Å². The fourth-order valence-corrected chi connectivity index (χ4v) is 2.80. The quantitative estimate of drug-likeness (QED) is 0.862. The molecule has 1 heterocycles. The van der Waals surface area contributed by atoms with Gasteiger partial charge in [-0.15, -0.1) is 11.3 Å². The summed E-state index contributed by atoms with van der Waals surface area (Å²) in [4.78, 5) is 17.5. The molecule has 1 aromatic rings. The predicted octanol–water partition coefficient (Wildman–Crippen LogP) is 2.32. The zero-order valence-corrected chi connectivity index (χ0v) is 12.8. The number of carbonyl (C=O) groups is 1. The minimum atomic E-state index is -0.219. The van der Waals surface area contributed by atoms with Crippen LogP contribution in [0.2, 0.25) is 0 Å². The van der Waals surface area contributed by atoms with E-state index in [0.717, 1.165) is 10.7 Å². The van der Waals surface area contributed by atoms with Gasteiger partial charge in [0.15, 0.2) is 0 Å². The van der Waals surface area contributed by atoms with Crippen molar-refractivity contribution in [1.29, 1.82) is 0 Å². The molecule has 0 aliphatic heterocycles. The van der Waals surface area contributed by atoms with E-state index in [2.05, 4.69) is 22.5 Å². The zero-order valence-electron chi connectivity index (χ0n) is 12.0. The Hall–Kier alpha value is -0.940. The lowest BCUT2D eigenvalue weighted by Crippen LogP contribution is -2.45. The first-order valence-electron chi connectivity index (χ1n) is 6.31. The smallest absolute Gasteiger partial charge is 0.237 e. The van der Waals surface area contributed by atoms with Crippen LogP contribution in [0.4, 0.5) is 0 Å². The number of nitrogens with zero attached hydrogens (tertiary/aromatic N) is 1. The van der Waals surface area contributed by atoms with E-state index in [1.165, 1.54) is 4.88 Å². The standard InChI is InChI=1S/C13H23N3OS/c1-7(2)14-13(17)9(4)15-8(3)12-10(5)18-11(6)16-12/h7-9,15H,1-6H3,(H,14,17). The van der Waals surface area contributed by atoms with E-state index in [4.69, 9.17) is 0 Å². The van der Waals surface area contributed by atoms with Gasteiger partial charge in [-0.25, -0.2) is 4.98 Å². The molecule has 18 heavy (non-hydrogen) atoms. The van der Waals surface area contributed by atoms with Crippen molar-refractivity contribution < 1.29 is 4.79 Å². The first-order valence-corrected chi connectivity index (χ1v) is 7.13. The molecular formula is C13H23N3OS. The second kappa shape index (κ2) is 6.29. The van der Waals surface area contributed by atoms with Crippen LogP contribution in [-0.2, 0) is 4.79 Å². The maximum absolute atomic E-state index is 11.8. The van der Waals surface area contributed by atoms with E-state index in [0.29, 0.717) is 0 Å². The molecule has 2 N–H and O–H groups in total. The molecule has 0 spiro atoms. The first-order chi connectivity index (χ1) is 8.31. The van der Waals surface area contributed by atoms with Crippen LogP contribution >= 0.6 is 11.3 Å². The predicted molar refractivity (Wildman–Crippen MR) is 75.9 cm³/mol. The van der Waals surface area contributed by atoms with Gasteiger partial charge in [0, 0.05) is 17.0 Å². The first kappa shape index (κ1) is 15.1. The Labute approximate surface area is 113 Å². The van der Waals surface area contributed by atoms with Gasteiger partial charge in [-0.2, -0.15) is 0 Å². The number of amides is 1.